The monoisotopic (exact) mass is 421 g/mol. The quantitative estimate of drug-likeness (QED) is 0.796. The molecule has 1 saturated heterocycles. The number of nitrogens with one attached hydrogen (secondary N) is 1. The first-order valence-corrected chi connectivity index (χ1v) is 11.1. The maximum atomic E-state index is 13.1. The Hall–Kier alpha value is -3.02. The molecule has 1 fully saturated rings. The number of rotatable bonds is 5. The Morgan fingerprint density at radius 1 is 1.00 bits per heavy atom. The lowest BCUT2D eigenvalue weighted by atomic mass is 9.91. The van der Waals surface area contributed by atoms with Crippen molar-refractivity contribution in [2.75, 3.05) is 43.5 Å². The van der Waals surface area contributed by atoms with Crippen molar-refractivity contribution in [3.05, 3.63) is 54.1 Å². The molecule has 164 valence electrons. The molecule has 0 spiro atoms. The van der Waals surface area contributed by atoms with Crippen LogP contribution >= 0.6 is 0 Å². The van der Waals surface area contributed by atoms with Crippen molar-refractivity contribution in [2.45, 2.75) is 32.1 Å². The summed E-state index contributed by atoms with van der Waals surface area (Å²) in [5.74, 6) is 1.39. The highest BCUT2D eigenvalue weighted by Gasteiger charge is 2.31. The fourth-order valence-corrected chi connectivity index (χ4v) is 4.64. The van der Waals surface area contributed by atoms with Crippen molar-refractivity contribution in [1.82, 2.24) is 4.90 Å². The molecule has 31 heavy (non-hydrogen) atoms. The maximum absolute atomic E-state index is 13.1. The van der Waals surface area contributed by atoms with Crippen LogP contribution in [0.25, 0.3) is 0 Å². The number of carbonyl (C=O) groups is 2. The van der Waals surface area contributed by atoms with E-state index < -0.39 is 0 Å². The molecule has 0 bridgehead atoms. The second kappa shape index (κ2) is 9.41. The number of nitrogens with zero attached hydrogens (tertiary/aromatic N) is 2. The largest absolute Gasteiger partial charge is 0.495 e. The minimum atomic E-state index is -0.0547. The summed E-state index contributed by atoms with van der Waals surface area (Å²) in [5, 5.41) is 2.98. The van der Waals surface area contributed by atoms with Gasteiger partial charge < -0.3 is 19.9 Å². The topological polar surface area (TPSA) is 61.9 Å². The molecule has 0 radical (unpaired) electrons. The number of carbonyl (C=O) groups excluding carboxylic acids is 2. The molecule has 4 rings (SSSR count). The SMILES string of the molecule is COc1cccc2c1N(CC(=O)N1CCC(C(=O)Nc3ccccc3)CC1)CC[C@@H]2C. The molecule has 2 aromatic carbocycles. The van der Waals surface area contributed by atoms with Gasteiger partial charge in [-0.25, -0.2) is 0 Å². The minimum Gasteiger partial charge on any atom is -0.495 e. The summed E-state index contributed by atoms with van der Waals surface area (Å²) < 4.78 is 5.60. The number of benzene rings is 2. The number of methoxy groups -OCH3 is 1. The zero-order chi connectivity index (χ0) is 21.8. The summed E-state index contributed by atoms with van der Waals surface area (Å²) in [6.45, 7) is 4.66. The van der Waals surface area contributed by atoms with Crippen LogP contribution in [-0.4, -0.2) is 50.0 Å². The second-order valence-electron chi connectivity index (χ2n) is 8.52. The van der Waals surface area contributed by atoms with Gasteiger partial charge in [-0.15, -0.1) is 0 Å². The summed E-state index contributed by atoms with van der Waals surface area (Å²) in [7, 11) is 1.68. The predicted octanol–water partition coefficient (Wildman–Crippen LogP) is 3.89. The van der Waals surface area contributed by atoms with Crippen molar-refractivity contribution in [1.29, 1.82) is 0 Å². The van der Waals surface area contributed by atoms with Gasteiger partial charge in [0.15, 0.2) is 0 Å². The number of hydrogen-bond acceptors (Lipinski definition) is 4. The van der Waals surface area contributed by atoms with Crippen molar-refractivity contribution >= 4 is 23.2 Å². The molecule has 6 nitrogen and oxygen atoms in total. The van der Waals surface area contributed by atoms with E-state index in [-0.39, 0.29) is 17.7 Å². The van der Waals surface area contributed by atoms with Crippen molar-refractivity contribution in [3.63, 3.8) is 0 Å². The molecular weight excluding hydrogens is 390 g/mol. The Labute approximate surface area is 184 Å². The highest BCUT2D eigenvalue weighted by Crippen LogP contribution is 2.41. The third kappa shape index (κ3) is 4.68. The van der Waals surface area contributed by atoms with Gasteiger partial charge in [-0.3, -0.25) is 9.59 Å². The molecule has 2 amide bonds. The van der Waals surface area contributed by atoms with E-state index in [4.69, 9.17) is 4.74 Å². The van der Waals surface area contributed by atoms with Gasteiger partial charge in [-0.2, -0.15) is 0 Å². The number of piperidine rings is 1. The lowest BCUT2D eigenvalue weighted by Crippen LogP contribution is -2.46. The van der Waals surface area contributed by atoms with Crippen LogP contribution in [0.4, 0.5) is 11.4 Å². The van der Waals surface area contributed by atoms with Crippen LogP contribution < -0.4 is 15.0 Å². The lowest BCUT2D eigenvalue weighted by molar-refractivity contribution is -0.133. The first-order chi connectivity index (χ1) is 15.1. The summed E-state index contributed by atoms with van der Waals surface area (Å²) in [4.78, 5) is 29.7. The van der Waals surface area contributed by atoms with Gasteiger partial charge in [0.05, 0.1) is 19.3 Å². The van der Waals surface area contributed by atoms with Crippen LogP contribution in [0.15, 0.2) is 48.5 Å². The molecule has 2 aliphatic rings. The molecule has 0 unspecified atom stereocenters. The standard InChI is InChI=1S/C25H31N3O3/c1-18-11-14-28(24-21(18)9-6-10-22(24)31-2)17-23(29)27-15-12-19(13-16-27)25(30)26-20-7-4-3-5-8-20/h3-10,18-19H,11-17H2,1-2H3,(H,26,30)/t18-/m0/s1. The van der Waals surface area contributed by atoms with E-state index in [0.29, 0.717) is 38.4 Å². The molecule has 2 aliphatic heterocycles. The molecule has 0 aromatic heterocycles. The fourth-order valence-electron chi connectivity index (χ4n) is 4.64. The molecular formula is C25H31N3O3. The van der Waals surface area contributed by atoms with E-state index in [1.165, 1.54) is 5.56 Å². The van der Waals surface area contributed by atoms with E-state index in [2.05, 4.69) is 23.2 Å². The van der Waals surface area contributed by atoms with Crippen LogP contribution in [0.2, 0.25) is 0 Å². The van der Waals surface area contributed by atoms with Crippen LogP contribution in [0.3, 0.4) is 0 Å². The van der Waals surface area contributed by atoms with E-state index in [1.54, 1.807) is 7.11 Å². The molecule has 1 atom stereocenters. The summed E-state index contributed by atoms with van der Waals surface area (Å²) in [6, 6.07) is 15.6. The molecule has 0 aliphatic carbocycles. The van der Waals surface area contributed by atoms with Gasteiger partial charge in [-0.1, -0.05) is 37.3 Å². The van der Waals surface area contributed by atoms with Crippen LogP contribution in [-0.2, 0) is 9.59 Å². The zero-order valence-corrected chi connectivity index (χ0v) is 18.3. The number of ether oxygens (including phenoxy) is 1. The van der Waals surface area contributed by atoms with Gasteiger partial charge in [0.1, 0.15) is 5.75 Å². The van der Waals surface area contributed by atoms with Gasteiger partial charge in [0, 0.05) is 31.2 Å². The number of likely N-dealkylation sites (tertiary alicyclic amines) is 1. The molecule has 2 heterocycles. The first-order valence-electron chi connectivity index (χ1n) is 11.1. The van der Waals surface area contributed by atoms with Crippen molar-refractivity contribution < 1.29 is 14.3 Å². The van der Waals surface area contributed by atoms with Gasteiger partial charge in [0.25, 0.3) is 0 Å². The van der Waals surface area contributed by atoms with Crippen LogP contribution in [0.5, 0.6) is 5.75 Å². The molecule has 1 N–H and O–H groups in total. The number of amides is 2. The predicted molar refractivity (Wildman–Crippen MR) is 123 cm³/mol. The minimum absolute atomic E-state index is 0.0435. The van der Waals surface area contributed by atoms with E-state index in [0.717, 1.165) is 30.1 Å². The van der Waals surface area contributed by atoms with Crippen LogP contribution in [0, 0.1) is 5.92 Å². The smallest absolute Gasteiger partial charge is 0.242 e. The third-order valence-electron chi connectivity index (χ3n) is 6.52. The average molecular weight is 422 g/mol. The number of fused-ring (bicyclic) bond motifs is 1. The average Bonchev–Trinajstić information content (AvgIpc) is 2.81. The van der Waals surface area contributed by atoms with Crippen molar-refractivity contribution in [2.24, 2.45) is 5.92 Å². The normalized spacial score (nSPS) is 19.0. The van der Waals surface area contributed by atoms with Gasteiger partial charge in [-0.05, 0) is 48.9 Å². The van der Waals surface area contributed by atoms with Crippen molar-refractivity contribution in [3.8, 4) is 5.75 Å². The highest BCUT2D eigenvalue weighted by molar-refractivity contribution is 5.92. The summed E-state index contributed by atoms with van der Waals surface area (Å²) in [5.41, 5.74) is 3.11. The Balaban J connectivity index is 1.35. The first kappa shape index (κ1) is 21.2. The molecule has 0 saturated carbocycles. The van der Waals surface area contributed by atoms with E-state index in [9.17, 15) is 9.59 Å². The number of anilines is 2. The Kier molecular flexibility index (Phi) is 6.44. The van der Waals surface area contributed by atoms with Gasteiger partial charge >= 0.3 is 0 Å². The zero-order valence-electron chi connectivity index (χ0n) is 18.3. The summed E-state index contributed by atoms with van der Waals surface area (Å²) in [6.07, 6.45) is 2.41. The molecule has 2 aromatic rings. The third-order valence-corrected chi connectivity index (χ3v) is 6.52. The Bertz CT molecular complexity index is 923. The van der Waals surface area contributed by atoms with Crippen LogP contribution in [0.1, 0.15) is 37.7 Å². The van der Waals surface area contributed by atoms with E-state index >= 15 is 0 Å². The maximum Gasteiger partial charge on any atom is 0.242 e. The Morgan fingerprint density at radius 2 is 1.74 bits per heavy atom. The number of para-hydroxylation sites is 2. The lowest BCUT2D eigenvalue weighted by Gasteiger charge is -2.37. The summed E-state index contributed by atoms with van der Waals surface area (Å²) >= 11 is 0. The fraction of sp³-hybridized carbons (Fsp3) is 0.440. The Morgan fingerprint density at radius 3 is 2.45 bits per heavy atom. The number of hydrogen-bond donors (Lipinski definition) is 1. The second-order valence-corrected chi connectivity index (χ2v) is 8.52. The van der Waals surface area contributed by atoms with Gasteiger partial charge in [0.2, 0.25) is 11.8 Å². The van der Waals surface area contributed by atoms with E-state index in [1.807, 2.05) is 47.4 Å². The molecule has 6 heteroatoms. The highest BCUT2D eigenvalue weighted by atomic mass is 16.5.